The molecule has 0 saturated carbocycles. The molecule has 3 aromatic rings. The highest BCUT2D eigenvalue weighted by molar-refractivity contribution is 7.89. The topological polar surface area (TPSA) is 111 Å². The Bertz CT molecular complexity index is 1080. The zero-order valence-corrected chi connectivity index (χ0v) is 14.1. The SMILES string of the molecule is NC1=NCNc2c1sc1cccc(-c3ccc(S(N)(=O)=O)cc3)c21. The van der Waals surface area contributed by atoms with Crippen LogP contribution in [0.5, 0.6) is 0 Å². The van der Waals surface area contributed by atoms with Gasteiger partial charge in [0.05, 0.1) is 15.5 Å². The number of nitrogens with one attached hydrogen (secondary N) is 1. The Morgan fingerprint density at radius 3 is 2.58 bits per heavy atom. The fourth-order valence-electron chi connectivity index (χ4n) is 2.84. The molecule has 0 atom stereocenters. The molecule has 0 radical (unpaired) electrons. The lowest BCUT2D eigenvalue weighted by molar-refractivity contribution is 0.598. The highest BCUT2D eigenvalue weighted by Gasteiger charge is 2.20. The number of nitrogens with two attached hydrogens (primary N) is 2. The van der Waals surface area contributed by atoms with Crippen molar-refractivity contribution in [2.75, 3.05) is 12.0 Å². The van der Waals surface area contributed by atoms with E-state index in [-0.39, 0.29) is 4.90 Å². The largest absolute Gasteiger partial charge is 0.383 e. The summed E-state index contributed by atoms with van der Waals surface area (Å²) in [4.78, 5) is 5.25. The number of benzene rings is 2. The lowest BCUT2D eigenvalue weighted by Gasteiger charge is -2.13. The average molecular weight is 358 g/mol. The van der Waals surface area contributed by atoms with E-state index in [4.69, 9.17) is 10.9 Å². The summed E-state index contributed by atoms with van der Waals surface area (Å²) in [6, 6.07) is 12.6. The van der Waals surface area contributed by atoms with Crippen molar-refractivity contribution in [3.8, 4) is 11.1 Å². The fraction of sp³-hybridized carbons (Fsp3) is 0.0625. The van der Waals surface area contributed by atoms with E-state index in [1.807, 2.05) is 18.2 Å². The molecule has 0 spiro atoms. The number of anilines is 1. The van der Waals surface area contributed by atoms with Gasteiger partial charge in [-0.25, -0.2) is 18.5 Å². The summed E-state index contributed by atoms with van der Waals surface area (Å²) in [5.74, 6) is 0.542. The summed E-state index contributed by atoms with van der Waals surface area (Å²) in [5.41, 5.74) is 8.91. The Labute approximate surface area is 142 Å². The number of aliphatic imine (C=N–C) groups is 1. The maximum absolute atomic E-state index is 11.4. The Morgan fingerprint density at radius 1 is 1.12 bits per heavy atom. The third kappa shape index (κ3) is 2.35. The van der Waals surface area contributed by atoms with Gasteiger partial charge in [0.2, 0.25) is 10.0 Å². The zero-order valence-electron chi connectivity index (χ0n) is 12.5. The number of thiophene rings is 1. The van der Waals surface area contributed by atoms with Crippen LogP contribution in [-0.4, -0.2) is 20.9 Å². The summed E-state index contributed by atoms with van der Waals surface area (Å²) >= 11 is 1.59. The van der Waals surface area contributed by atoms with E-state index in [0.29, 0.717) is 12.5 Å². The van der Waals surface area contributed by atoms with E-state index in [2.05, 4.69) is 10.3 Å². The summed E-state index contributed by atoms with van der Waals surface area (Å²) in [6.45, 7) is 0.448. The van der Waals surface area contributed by atoms with E-state index >= 15 is 0 Å². The van der Waals surface area contributed by atoms with E-state index in [9.17, 15) is 8.42 Å². The van der Waals surface area contributed by atoms with Gasteiger partial charge in [-0.15, -0.1) is 11.3 Å². The second-order valence-electron chi connectivity index (χ2n) is 5.43. The number of amidine groups is 1. The number of hydrogen-bond acceptors (Lipinski definition) is 6. The summed E-state index contributed by atoms with van der Waals surface area (Å²) < 4.78 is 23.9. The quantitative estimate of drug-likeness (QED) is 0.653. The first-order valence-corrected chi connectivity index (χ1v) is 9.54. The maximum atomic E-state index is 11.4. The highest BCUT2D eigenvalue weighted by atomic mass is 32.2. The van der Waals surface area contributed by atoms with Gasteiger partial charge in [-0.05, 0) is 29.3 Å². The molecule has 0 saturated heterocycles. The molecule has 1 aliphatic rings. The molecule has 24 heavy (non-hydrogen) atoms. The molecule has 0 unspecified atom stereocenters. The van der Waals surface area contributed by atoms with E-state index in [1.54, 1.807) is 23.5 Å². The molecule has 5 N–H and O–H groups in total. The van der Waals surface area contributed by atoms with Crippen molar-refractivity contribution in [3.05, 3.63) is 47.3 Å². The van der Waals surface area contributed by atoms with Crippen LogP contribution < -0.4 is 16.2 Å². The van der Waals surface area contributed by atoms with Gasteiger partial charge in [0.15, 0.2) is 0 Å². The van der Waals surface area contributed by atoms with Gasteiger partial charge >= 0.3 is 0 Å². The highest BCUT2D eigenvalue weighted by Crippen LogP contribution is 2.42. The Morgan fingerprint density at radius 2 is 1.88 bits per heavy atom. The van der Waals surface area contributed by atoms with Crippen molar-refractivity contribution in [2.45, 2.75) is 4.90 Å². The van der Waals surface area contributed by atoms with Crippen LogP contribution in [-0.2, 0) is 10.0 Å². The molecule has 1 aliphatic heterocycles. The first-order chi connectivity index (χ1) is 11.4. The normalized spacial score (nSPS) is 14.1. The van der Waals surface area contributed by atoms with Crippen LogP contribution in [0.4, 0.5) is 5.69 Å². The standard InChI is InChI=1S/C16H14N4O2S2/c17-16-15-14(19-8-20-16)13-11(2-1-3-12(13)23-15)9-4-6-10(7-5-9)24(18,21)22/h1-7,19H,8H2,(H2,17,20)(H2,18,21,22). The third-order valence-electron chi connectivity index (χ3n) is 3.95. The number of sulfonamides is 1. The van der Waals surface area contributed by atoms with Gasteiger partial charge in [-0.3, -0.25) is 0 Å². The van der Waals surface area contributed by atoms with Crippen LogP contribution in [0.15, 0.2) is 52.4 Å². The van der Waals surface area contributed by atoms with E-state index in [0.717, 1.165) is 31.8 Å². The van der Waals surface area contributed by atoms with Crippen molar-refractivity contribution >= 4 is 43.0 Å². The Balaban J connectivity index is 1.93. The van der Waals surface area contributed by atoms with Gasteiger partial charge in [0, 0.05) is 10.1 Å². The van der Waals surface area contributed by atoms with Gasteiger partial charge in [-0.2, -0.15) is 0 Å². The number of hydrogen-bond donors (Lipinski definition) is 3. The van der Waals surface area contributed by atoms with Crippen LogP contribution >= 0.6 is 11.3 Å². The number of primary sulfonamides is 1. The summed E-state index contributed by atoms with van der Waals surface area (Å²) in [7, 11) is -3.70. The predicted octanol–water partition coefficient (Wildman–Crippen LogP) is 2.30. The number of nitrogens with zero attached hydrogens (tertiary/aromatic N) is 1. The van der Waals surface area contributed by atoms with Gasteiger partial charge in [-0.1, -0.05) is 24.3 Å². The molecule has 4 rings (SSSR count). The van der Waals surface area contributed by atoms with Crippen LogP contribution in [0.2, 0.25) is 0 Å². The fourth-order valence-corrected chi connectivity index (χ4v) is 4.48. The van der Waals surface area contributed by atoms with E-state index in [1.165, 1.54) is 12.1 Å². The maximum Gasteiger partial charge on any atom is 0.238 e. The second-order valence-corrected chi connectivity index (χ2v) is 8.05. The molecule has 2 heterocycles. The van der Waals surface area contributed by atoms with Gasteiger partial charge in [0.25, 0.3) is 0 Å². The Kier molecular flexibility index (Phi) is 3.34. The predicted molar refractivity (Wildman–Crippen MR) is 97.8 cm³/mol. The van der Waals surface area contributed by atoms with Gasteiger partial charge in [0.1, 0.15) is 12.5 Å². The lowest BCUT2D eigenvalue weighted by Crippen LogP contribution is -2.20. The average Bonchev–Trinajstić information content (AvgIpc) is 2.94. The third-order valence-corrected chi connectivity index (χ3v) is 6.05. The van der Waals surface area contributed by atoms with Crippen molar-refractivity contribution in [1.82, 2.24) is 0 Å². The van der Waals surface area contributed by atoms with Crippen molar-refractivity contribution < 1.29 is 8.42 Å². The smallest absolute Gasteiger partial charge is 0.238 e. The minimum absolute atomic E-state index is 0.0975. The van der Waals surface area contributed by atoms with Crippen LogP contribution in [0.3, 0.4) is 0 Å². The Hall–Kier alpha value is -2.42. The molecule has 8 heteroatoms. The number of rotatable bonds is 2. The first-order valence-electron chi connectivity index (χ1n) is 7.18. The first kappa shape index (κ1) is 15.1. The minimum Gasteiger partial charge on any atom is -0.383 e. The molecule has 0 fully saturated rings. The summed E-state index contributed by atoms with van der Waals surface area (Å²) in [6.07, 6.45) is 0. The second kappa shape index (κ2) is 5.30. The zero-order chi connectivity index (χ0) is 16.9. The molecule has 0 amide bonds. The van der Waals surface area contributed by atoms with Crippen LogP contribution in [0.1, 0.15) is 4.88 Å². The molecule has 6 nitrogen and oxygen atoms in total. The van der Waals surface area contributed by atoms with E-state index < -0.39 is 10.0 Å². The molecule has 0 bridgehead atoms. The number of fused-ring (bicyclic) bond motifs is 3. The lowest BCUT2D eigenvalue weighted by atomic mass is 10.0. The van der Waals surface area contributed by atoms with Gasteiger partial charge < -0.3 is 11.1 Å². The van der Waals surface area contributed by atoms with Crippen molar-refractivity contribution in [1.29, 1.82) is 0 Å². The molecule has 0 aliphatic carbocycles. The van der Waals surface area contributed by atoms with Crippen molar-refractivity contribution in [3.63, 3.8) is 0 Å². The molecular weight excluding hydrogens is 344 g/mol. The monoisotopic (exact) mass is 358 g/mol. The minimum atomic E-state index is -3.70. The molecular formula is C16H14N4O2S2. The van der Waals surface area contributed by atoms with Crippen LogP contribution in [0.25, 0.3) is 21.2 Å². The molecule has 122 valence electrons. The molecule has 1 aromatic heterocycles. The molecule has 2 aromatic carbocycles. The van der Waals surface area contributed by atoms with Crippen LogP contribution in [0, 0.1) is 0 Å². The van der Waals surface area contributed by atoms with Crippen molar-refractivity contribution in [2.24, 2.45) is 15.9 Å². The summed E-state index contributed by atoms with van der Waals surface area (Å²) in [5, 5.41) is 9.52.